The molecule has 0 saturated heterocycles. The molecule has 1 aliphatic heterocycles. The summed E-state index contributed by atoms with van der Waals surface area (Å²) in [4.78, 5) is 14.8. The van der Waals surface area contributed by atoms with Crippen LogP contribution in [0.25, 0.3) is 11.3 Å². The fourth-order valence-electron chi connectivity index (χ4n) is 4.23. The molecule has 1 unspecified atom stereocenters. The van der Waals surface area contributed by atoms with Crippen molar-refractivity contribution in [1.29, 1.82) is 0 Å². The second-order valence-corrected chi connectivity index (χ2v) is 8.12. The molecule has 0 spiro atoms. The Morgan fingerprint density at radius 2 is 2.00 bits per heavy atom. The van der Waals surface area contributed by atoms with Crippen LogP contribution in [0, 0.1) is 6.92 Å². The van der Waals surface area contributed by atoms with Crippen LogP contribution in [0.2, 0.25) is 0 Å². The maximum Gasteiger partial charge on any atom is 0.273 e. The predicted molar refractivity (Wildman–Crippen MR) is 124 cm³/mol. The third-order valence-electron chi connectivity index (χ3n) is 5.87. The van der Waals surface area contributed by atoms with Gasteiger partial charge in [0.1, 0.15) is 17.1 Å². The monoisotopic (exact) mass is 451 g/mol. The van der Waals surface area contributed by atoms with Crippen LogP contribution >= 0.6 is 0 Å². The number of carbonyl (C=O) groups is 1. The van der Waals surface area contributed by atoms with Crippen LogP contribution in [0.4, 0.5) is 0 Å². The van der Waals surface area contributed by atoms with Gasteiger partial charge in [-0.05, 0) is 43.2 Å². The molecular formula is C25H29N3O5. The van der Waals surface area contributed by atoms with Gasteiger partial charge in [0.2, 0.25) is 0 Å². The second kappa shape index (κ2) is 9.54. The number of nitrogens with one attached hydrogen (secondary N) is 1. The number of aliphatic hydroxyl groups excluding tert-OH is 1. The molecule has 1 aliphatic rings. The van der Waals surface area contributed by atoms with E-state index in [1.54, 1.807) is 18.1 Å². The number of benzene rings is 2. The minimum atomic E-state index is -0.507. The van der Waals surface area contributed by atoms with Crippen molar-refractivity contribution >= 4 is 5.91 Å². The zero-order valence-electron chi connectivity index (χ0n) is 19.1. The summed E-state index contributed by atoms with van der Waals surface area (Å²) in [7, 11) is 1.58. The lowest BCUT2D eigenvalue weighted by Gasteiger charge is -2.26. The van der Waals surface area contributed by atoms with Crippen LogP contribution in [0.15, 0.2) is 36.4 Å². The Bertz CT molecular complexity index is 1160. The average Bonchev–Trinajstić information content (AvgIpc) is 3.35. The first kappa shape index (κ1) is 22.7. The number of aromatic nitrogens is 2. The van der Waals surface area contributed by atoms with E-state index >= 15 is 0 Å². The molecule has 0 bridgehead atoms. The van der Waals surface area contributed by atoms with Crippen molar-refractivity contribution in [2.24, 2.45) is 0 Å². The second-order valence-electron chi connectivity index (χ2n) is 8.12. The van der Waals surface area contributed by atoms with Gasteiger partial charge in [0.15, 0.2) is 11.5 Å². The lowest BCUT2D eigenvalue weighted by atomic mass is 9.95. The highest BCUT2D eigenvalue weighted by Gasteiger charge is 2.42. The van der Waals surface area contributed by atoms with Crippen molar-refractivity contribution < 1.29 is 24.5 Å². The molecule has 4 rings (SSSR count). The van der Waals surface area contributed by atoms with Gasteiger partial charge in [-0.1, -0.05) is 31.0 Å². The highest BCUT2D eigenvalue weighted by Crippen LogP contribution is 2.45. The Labute approximate surface area is 192 Å². The molecule has 1 atom stereocenters. The van der Waals surface area contributed by atoms with Crippen LogP contribution < -0.4 is 9.47 Å². The van der Waals surface area contributed by atoms with Crippen molar-refractivity contribution in [1.82, 2.24) is 15.1 Å². The zero-order chi connectivity index (χ0) is 23.5. The number of aromatic hydroxyl groups is 1. The Balaban J connectivity index is 1.82. The molecular weight excluding hydrogens is 422 g/mol. The SMILES string of the molecule is CCCCOc1ccc(C2c3c(-c4cc(C)ccc4O)n[nH]c3C(=O)N2CCO)cc1OC. The van der Waals surface area contributed by atoms with Crippen LogP contribution in [-0.2, 0) is 0 Å². The van der Waals surface area contributed by atoms with Gasteiger partial charge in [0.25, 0.3) is 5.91 Å². The minimum Gasteiger partial charge on any atom is -0.507 e. The van der Waals surface area contributed by atoms with Gasteiger partial charge in [-0.15, -0.1) is 0 Å². The molecule has 1 amide bonds. The van der Waals surface area contributed by atoms with E-state index in [2.05, 4.69) is 17.1 Å². The molecule has 0 radical (unpaired) electrons. The van der Waals surface area contributed by atoms with E-state index in [-0.39, 0.29) is 24.8 Å². The van der Waals surface area contributed by atoms with E-state index < -0.39 is 6.04 Å². The summed E-state index contributed by atoms with van der Waals surface area (Å²) in [6, 6.07) is 10.4. The Kier molecular flexibility index (Phi) is 6.55. The van der Waals surface area contributed by atoms with E-state index in [1.165, 1.54) is 0 Å². The first-order valence-electron chi connectivity index (χ1n) is 11.1. The van der Waals surface area contributed by atoms with E-state index in [4.69, 9.17) is 9.47 Å². The van der Waals surface area contributed by atoms with Crippen molar-refractivity contribution in [3.63, 3.8) is 0 Å². The van der Waals surface area contributed by atoms with E-state index in [0.717, 1.165) is 24.0 Å². The molecule has 0 saturated carbocycles. The van der Waals surface area contributed by atoms with E-state index in [9.17, 15) is 15.0 Å². The number of β-amino-alcohol motifs (C(OH)–C–C–N with tert-alkyl or cyclic N) is 1. The number of hydrogen-bond donors (Lipinski definition) is 3. The number of carbonyl (C=O) groups excluding carboxylic acids is 1. The summed E-state index contributed by atoms with van der Waals surface area (Å²) in [5.41, 5.74) is 3.82. The van der Waals surface area contributed by atoms with Crippen molar-refractivity contribution in [3.05, 3.63) is 58.8 Å². The number of rotatable bonds is 9. The molecule has 1 aromatic heterocycles. The van der Waals surface area contributed by atoms with Crippen LogP contribution in [0.3, 0.4) is 0 Å². The fourth-order valence-corrected chi connectivity index (χ4v) is 4.23. The van der Waals surface area contributed by atoms with Gasteiger partial charge in [-0.3, -0.25) is 9.89 Å². The zero-order valence-corrected chi connectivity index (χ0v) is 19.1. The molecule has 3 aromatic rings. The number of aliphatic hydroxyl groups is 1. The van der Waals surface area contributed by atoms with Crippen molar-refractivity contribution in [2.75, 3.05) is 26.9 Å². The molecule has 8 nitrogen and oxygen atoms in total. The molecule has 0 aliphatic carbocycles. The Hall–Kier alpha value is -3.52. The van der Waals surface area contributed by atoms with Crippen LogP contribution in [0.1, 0.15) is 53.0 Å². The molecule has 2 aromatic carbocycles. The first-order chi connectivity index (χ1) is 16.0. The normalized spacial score (nSPS) is 15.1. The van der Waals surface area contributed by atoms with Gasteiger partial charge in [-0.2, -0.15) is 5.10 Å². The molecule has 8 heteroatoms. The maximum absolute atomic E-state index is 13.2. The highest BCUT2D eigenvalue weighted by molar-refractivity contribution is 6.00. The summed E-state index contributed by atoms with van der Waals surface area (Å²) < 4.78 is 11.4. The van der Waals surface area contributed by atoms with Gasteiger partial charge in [-0.25, -0.2) is 0 Å². The van der Waals surface area contributed by atoms with Crippen LogP contribution in [-0.4, -0.2) is 58.1 Å². The molecule has 33 heavy (non-hydrogen) atoms. The quantitative estimate of drug-likeness (QED) is 0.427. The number of hydrogen-bond acceptors (Lipinski definition) is 6. The van der Waals surface area contributed by atoms with E-state index in [1.807, 2.05) is 37.3 Å². The fraction of sp³-hybridized carbons (Fsp3) is 0.360. The van der Waals surface area contributed by atoms with Gasteiger partial charge < -0.3 is 24.6 Å². The number of fused-ring (bicyclic) bond motifs is 1. The Morgan fingerprint density at radius 1 is 1.18 bits per heavy atom. The number of phenolic OH excluding ortho intramolecular Hbond substituents is 1. The topological polar surface area (TPSA) is 108 Å². The molecule has 2 heterocycles. The van der Waals surface area contributed by atoms with E-state index in [0.29, 0.717) is 40.6 Å². The maximum atomic E-state index is 13.2. The minimum absolute atomic E-state index is 0.0824. The number of ether oxygens (including phenoxy) is 2. The third kappa shape index (κ3) is 4.14. The smallest absolute Gasteiger partial charge is 0.273 e. The lowest BCUT2D eigenvalue weighted by Crippen LogP contribution is -2.32. The van der Waals surface area contributed by atoms with Crippen LogP contribution in [0.5, 0.6) is 17.2 Å². The standard InChI is InChI=1S/C25H29N3O5/c1-4-5-12-33-19-9-7-16(14-20(19)32-3)24-21-22(17-13-15(2)6-8-18(17)30)26-27-23(21)25(31)28(24)10-11-29/h6-9,13-14,24,29-30H,4-5,10-12H2,1-3H3,(H,26,27). The summed E-state index contributed by atoms with van der Waals surface area (Å²) in [5.74, 6) is 1.03. The largest absolute Gasteiger partial charge is 0.507 e. The highest BCUT2D eigenvalue weighted by atomic mass is 16.5. The third-order valence-corrected chi connectivity index (χ3v) is 5.87. The predicted octanol–water partition coefficient (Wildman–Crippen LogP) is 3.82. The number of methoxy groups -OCH3 is 1. The number of nitrogens with zero attached hydrogens (tertiary/aromatic N) is 2. The van der Waals surface area contributed by atoms with Gasteiger partial charge >= 0.3 is 0 Å². The number of amides is 1. The average molecular weight is 452 g/mol. The molecule has 3 N–H and O–H groups in total. The lowest BCUT2D eigenvalue weighted by molar-refractivity contribution is 0.0706. The summed E-state index contributed by atoms with van der Waals surface area (Å²) in [6.07, 6.45) is 1.96. The van der Waals surface area contributed by atoms with Crippen molar-refractivity contribution in [3.8, 4) is 28.5 Å². The van der Waals surface area contributed by atoms with Crippen molar-refractivity contribution in [2.45, 2.75) is 32.7 Å². The number of phenols is 1. The number of H-pyrrole nitrogens is 1. The Morgan fingerprint density at radius 3 is 2.73 bits per heavy atom. The summed E-state index contributed by atoms with van der Waals surface area (Å²) >= 11 is 0. The van der Waals surface area contributed by atoms with Gasteiger partial charge in [0, 0.05) is 17.7 Å². The van der Waals surface area contributed by atoms with Gasteiger partial charge in [0.05, 0.1) is 26.4 Å². The number of aromatic amines is 1. The summed E-state index contributed by atoms with van der Waals surface area (Å²) in [6.45, 7) is 4.59. The first-order valence-corrected chi connectivity index (χ1v) is 11.1. The molecule has 174 valence electrons. The number of unbranched alkanes of at least 4 members (excludes halogenated alkanes) is 1. The summed E-state index contributed by atoms with van der Waals surface area (Å²) in [5, 5.41) is 27.4. The number of aryl methyl sites for hydroxylation is 1. The molecule has 0 fully saturated rings.